The van der Waals surface area contributed by atoms with Gasteiger partial charge in [-0.2, -0.15) is 4.31 Å². The van der Waals surface area contributed by atoms with Gasteiger partial charge in [0.25, 0.3) is 0 Å². The quantitative estimate of drug-likeness (QED) is 0.369. The van der Waals surface area contributed by atoms with Gasteiger partial charge in [-0.3, -0.25) is 0 Å². The molecule has 0 amide bonds. The first-order valence-electron chi connectivity index (χ1n) is 11.5. The molecular formula is C26H33N3O6S. The summed E-state index contributed by atoms with van der Waals surface area (Å²) in [7, 11) is -0.772. The molecule has 1 N–H and O–H groups in total. The summed E-state index contributed by atoms with van der Waals surface area (Å²) in [5, 5.41) is 8.30. The Labute approximate surface area is 212 Å². The van der Waals surface area contributed by atoms with Crippen LogP contribution in [0.5, 0.6) is 11.5 Å². The lowest BCUT2D eigenvalue weighted by Crippen LogP contribution is -2.40. The number of benzene rings is 2. The number of sulfonamides is 1. The Bertz CT molecular complexity index is 1140. The standard InChI is InChI=1S/C26H33N3O6S/c1-19-15-27-26(28-16-19)25(35-14-13-30)20(2)36(31,32)29(17-21-5-9-23(33-3)10-6-21)18-22-7-11-24(34-4)12-8-22/h5-12,15-16,20,25,30H,13-14,17-18H2,1-4H3. The molecule has 0 aliphatic heterocycles. The van der Waals surface area contributed by atoms with E-state index in [0.717, 1.165) is 16.7 Å². The lowest BCUT2D eigenvalue weighted by Gasteiger charge is -2.30. The van der Waals surface area contributed by atoms with Crippen molar-refractivity contribution in [2.75, 3.05) is 27.4 Å². The van der Waals surface area contributed by atoms with Crippen LogP contribution in [0.25, 0.3) is 0 Å². The van der Waals surface area contributed by atoms with Crippen molar-refractivity contribution >= 4 is 10.0 Å². The van der Waals surface area contributed by atoms with Crippen molar-refractivity contribution in [1.82, 2.24) is 14.3 Å². The number of hydrogen-bond donors (Lipinski definition) is 1. The predicted octanol–water partition coefficient (Wildman–Crippen LogP) is 3.27. The zero-order valence-electron chi connectivity index (χ0n) is 21.0. The summed E-state index contributed by atoms with van der Waals surface area (Å²) < 4.78 is 45.7. The van der Waals surface area contributed by atoms with Gasteiger partial charge in [-0.1, -0.05) is 24.3 Å². The maximum Gasteiger partial charge on any atom is 0.220 e. The Morgan fingerprint density at radius 2 is 1.36 bits per heavy atom. The average Bonchev–Trinajstić information content (AvgIpc) is 2.90. The van der Waals surface area contributed by atoms with E-state index in [1.54, 1.807) is 57.8 Å². The molecule has 2 atom stereocenters. The van der Waals surface area contributed by atoms with Crippen molar-refractivity contribution < 1.29 is 27.7 Å². The Morgan fingerprint density at radius 1 is 0.889 bits per heavy atom. The van der Waals surface area contributed by atoms with Gasteiger partial charge in [0.1, 0.15) is 22.9 Å². The third-order valence-corrected chi connectivity index (χ3v) is 7.90. The second kappa shape index (κ2) is 12.8. The molecule has 2 aromatic carbocycles. The van der Waals surface area contributed by atoms with Crippen LogP contribution in [0.3, 0.4) is 0 Å². The van der Waals surface area contributed by atoms with E-state index in [2.05, 4.69) is 9.97 Å². The summed E-state index contributed by atoms with van der Waals surface area (Å²) in [6.45, 7) is 3.41. The summed E-state index contributed by atoms with van der Waals surface area (Å²) in [5.74, 6) is 1.62. The Balaban J connectivity index is 1.96. The van der Waals surface area contributed by atoms with Gasteiger partial charge in [-0.15, -0.1) is 0 Å². The van der Waals surface area contributed by atoms with E-state index < -0.39 is 21.4 Å². The molecule has 2 unspecified atom stereocenters. The number of methoxy groups -OCH3 is 2. The van der Waals surface area contributed by atoms with Gasteiger partial charge < -0.3 is 19.3 Å². The SMILES string of the molecule is COc1ccc(CN(Cc2ccc(OC)cc2)S(=O)(=O)C(C)C(OCCO)c2ncc(C)cn2)cc1. The van der Waals surface area contributed by atoms with Crippen LogP contribution in [0.2, 0.25) is 0 Å². The molecule has 0 aliphatic carbocycles. The van der Waals surface area contributed by atoms with Crippen LogP contribution in [0.1, 0.15) is 35.5 Å². The van der Waals surface area contributed by atoms with E-state index in [1.807, 2.05) is 31.2 Å². The lowest BCUT2D eigenvalue weighted by atomic mass is 10.2. The minimum absolute atomic E-state index is 0.0429. The number of rotatable bonds is 13. The van der Waals surface area contributed by atoms with Gasteiger partial charge >= 0.3 is 0 Å². The summed E-state index contributed by atoms with van der Waals surface area (Å²) in [6, 6.07) is 14.5. The number of nitrogens with zero attached hydrogens (tertiary/aromatic N) is 3. The number of ether oxygens (including phenoxy) is 3. The largest absolute Gasteiger partial charge is 0.497 e. The number of hydrogen-bond acceptors (Lipinski definition) is 8. The maximum absolute atomic E-state index is 14.0. The maximum atomic E-state index is 14.0. The molecule has 194 valence electrons. The molecule has 0 spiro atoms. The van der Waals surface area contributed by atoms with Crippen LogP contribution < -0.4 is 9.47 Å². The fraction of sp³-hybridized carbons (Fsp3) is 0.385. The van der Waals surface area contributed by atoms with Crippen molar-refractivity contribution in [1.29, 1.82) is 0 Å². The van der Waals surface area contributed by atoms with E-state index in [0.29, 0.717) is 11.5 Å². The first-order valence-corrected chi connectivity index (χ1v) is 13.0. The average molecular weight is 516 g/mol. The molecule has 0 saturated carbocycles. The molecule has 0 fully saturated rings. The highest BCUT2D eigenvalue weighted by Crippen LogP contribution is 2.28. The molecule has 3 aromatic rings. The molecule has 1 heterocycles. The van der Waals surface area contributed by atoms with Crippen LogP contribution >= 0.6 is 0 Å². The third-order valence-electron chi connectivity index (χ3n) is 5.74. The molecule has 0 aliphatic rings. The highest BCUT2D eigenvalue weighted by atomic mass is 32.2. The smallest absolute Gasteiger partial charge is 0.220 e. The summed E-state index contributed by atoms with van der Waals surface area (Å²) in [5.41, 5.74) is 2.45. The normalized spacial score (nSPS) is 13.4. The molecule has 0 bridgehead atoms. The topological polar surface area (TPSA) is 111 Å². The van der Waals surface area contributed by atoms with Gasteiger partial charge in [0, 0.05) is 25.5 Å². The highest BCUT2D eigenvalue weighted by molar-refractivity contribution is 7.89. The van der Waals surface area contributed by atoms with Crippen LogP contribution in [0, 0.1) is 6.92 Å². The number of aryl methyl sites for hydroxylation is 1. The minimum atomic E-state index is -3.93. The second-order valence-corrected chi connectivity index (χ2v) is 10.6. The molecule has 36 heavy (non-hydrogen) atoms. The third kappa shape index (κ3) is 7.01. The van der Waals surface area contributed by atoms with Gasteiger partial charge in [-0.05, 0) is 54.8 Å². The van der Waals surface area contributed by atoms with Crippen molar-refractivity contribution in [3.63, 3.8) is 0 Å². The predicted molar refractivity (Wildman–Crippen MR) is 136 cm³/mol. The van der Waals surface area contributed by atoms with Crippen molar-refractivity contribution in [3.8, 4) is 11.5 Å². The summed E-state index contributed by atoms with van der Waals surface area (Å²) >= 11 is 0. The van der Waals surface area contributed by atoms with Crippen molar-refractivity contribution in [3.05, 3.63) is 83.4 Å². The monoisotopic (exact) mass is 515 g/mol. The minimum Gasteiger partial charge on any atom is -0.497 e. The first kappa shape index (κ1) is 27.5. The van der Waals surface area contributed by atoms with E-state index in [-0.39, 0.29) is 32.1 Å². The van der Waals surface area contributed by atoms with Gasteiger partial charge in [0.05, 0.1) is 27.4 Å². The highest BCUT2D eigenvalue weighted by Gasteiger charge is 2.37. The molecule has 10 heteroatoms. The van der Waals surface area contributed by atoms with Crippen LogP contribution in [-0.2, 0) is 27.8 Å². The molecular weight excluding hydrogens is 482 g/mol. The van der Waals surface area contributed by atoms with Gasteiger partial charge in [0.15, 0.2) is 5.82 Å². The number of aliphatic hydroxyl groups is 1. The molecule has 0 radical (unpaired) electrons. The van der Waals surface area contributed by atoms with Crippen molar-refractivity contribution in [2.45, 2.75) is 38.3 Å². The Morgan fingerprint density at radius 3 is 1.78 bits per heavy atom. The zero-order valence-corrected chi connectivity index (χ0v) is 21.8. The first-order chi connectivity index (χ1) is 17.3. The molecule has 3 rings (SSSR count). The molecule has 1 aromatic heterocycles. The fourth-order valence-electron chi connectivity index (χ4n) is 3.65. The molecule has 9 nitrogen and oxygen atoms in total. The van der Waals surface area contributed by atoms with E-state index in [9.17, 15) is 13.5 Å². The van der Waals surface area contributed by atoms with Crippen LogP contribution in [-0.4, -0.2) is 60.5 Å². The summed E-state index contributed by atoms with van der Waals surface area (Å²) in [6.07, 6.45) is 2.27. The van der Waals surface area contributed by atoms with E-state index in [1.165, 1.54) is 4.31 Å². The van der Waals surface area contributed by atoms with E-state index in [4.69, 9.17) is 14.2 Å². The number of aromatic nitrogens is 2. The zero-order chi connectivity index (χ0) is 26.1. The lowest BCUT2D eigenvalue weighted by molar-refractivity contribution is 0.0217. The number of aliphatic hydroxyl groups excluding tert-OH is 1. The van der Waals surface area contributed by atoms with Crippen molar-refractivity contribution in [2.24, 2.45) is 0 Å². The van der Waals surface area contributed by atoms with Gasteiger partial charge in [-0.25, -0.2) is 18.4 Å². The Kier molecular flexibility index (Phi) is 9.77. The fourth-order valence-corrected chi connectivity index (χ4v) is 5.29. The van der Waals surface area contributed by atoms with Gasteiger partial charge in [0.2, 0.25) is 10.0 Å². The van der Waals surface area contributed by atoms with E-state index >= 15 is 0 Å². The molecule has 0 saturated heterocycles. The van der Waals surface area contributed by atoms with Crippen LogP contribution in [0.4, 0.5) is 0 Å². The second-order valence-electron chi connectivity index (χ2n) is 8.35. The Hall–Kier alpha value is -3.05. The summed E-state index contributed by atoms with van der Waals surface area (Å²) in [4.78, 5) is 8.61. The van der Waals surface area contributed by atoms with Crippen LogP contribution in [0.15, 0.2) is 60.9 Å².